The highest BCUT2D eigenvalue weighted by atomic mass is 79.9. The fourth-order valence-electron chi connectivity index (χ4n) is 1.61. The predicted octanol–water partition coefficient (Wildman–Crippen LogP) is 3.39. The van der Waals surface area contributed by atoms with Gasteiger partial charge in [0.05, 0.1) is 16.6 Å². The maximum Gasteiger partial charge on any atom is 0.145 e. The minimum atomic E-state index is 0.561. The molecular formula is C12H13BrN2O2. The van der Waals surface area contributed by atoms with Gasteiger partial charge in [-0.2, -0.15) is 0 Å². The predicted molar refractivity (Wildman–Crippen MR) is 70.0 cm³/mol. The van der Waals surface area contributed by atoms with Crippen LogP contribution >= 0.6 is 15.9 Å². The minimum absolute atomic E-state index is 0.561. The fourth-order valence-corrected chi connectivity index (χ4v) is 2.05. The van der Waals surface area contributed by atoms with Gasteiger partial charge in [0, 0.05) is 11.8 Å². The molecule has 0 aliphatic rings. The molecule has 17 heavy (non-hydrogen) atoms. The van der Waals surface area contributed by atoms with Gasteiger partial charge in [0.25, 0.3) is 0 Å². The number of aromatic nitrogens is 1. The molecule has 4 nitrogen and oxygen atoms in total. The Labute approximate surface area is 108 Å². The van der Waals surface area contributed by atoms with E-state index in [-0.39, 0.29) is 0 Å². The second-order valence-corrected chi connectivity index (χ2v) is 4.45. The molecule has 0 bridgehead atoms. The van der Waals surface area contributed by atoms with Crippen LogP contribution in [0.2, 0.25) is 0 Å². The number of halogens is 1. The number of aryl methyl sites for hydroxylation is 1. The molecular weight excluding hydrogens is 284 g/mol. The first-order valence-corrected chi connectivity index (χ1v) is 6.07. The minimum Gasteiger partial charge on any atom is -0.492 e. The number of ether oxygens (including phenoxy) is 1. The Bertz CT molecular complexity index is 537. The summed E-state index contributed by atoms with van der Waals surface area (Å²) in [6.45, 7) is 4.32. The zero-order valence-corrected chi connectivity index (χ0v) is 11.2. The largest absolute Gasteiger partial charge is 0.492 e. The summed E-state index contributed by atoms with van der Waals surface area (Å²) < 4.78 is 11.5. The van der Waals surface area contributed by atoms with Gasteiger partial charge in [0.2, 0.25) is 0 Å². The summed E-state index contributed by atoms with van der Waals surface area (Å²) in [6.07, 6.45) is 0. The van der Waals surface area contributed by atoms with E-state index >= 15 is 0 Å². The van der Waals surface area contributed by atoms with Crippen LogP contribution in [-0.2, 0) is 0 Å². The molecule has 0 saturated heterocycles. The molecule has 0 atom stereocenters. The number of hydrogen-bond acceptors (Lipinski definition) is 4. The van der Waals surface area contributed by atoms with Gasteiger partial charge < -0.3 is 15.0 Å². The Kier molecular flexibility index (Phi) is 3.38. The van der Waals surface area contributed by atoms with Crippen LogP contribution in [0, 0.1) is 6.92 Å². The molecule has 90 valence electrons. The average Bonchev–Trinajstić information content (AvgIpc) is 2.70. The zero-order chi connectivity index (χ0) is 12.4. The second kappa shape index (κ2) is 4.79. The highest BCUT2D eigenvalue weighted by Crippen LogP contribution is 2.40. The van der Waals surface area contributed by atoms with Crippen LogP contribution in [-0.4, -0.2) is 11.8 Å². The van der Waals surface area contributed by atoms with E-state index in [1.807, 2.05) is 32.0 Å². The molecule has 1 aromatic heterocycles. The molecule has 2 aromatic rings. The third-order valence-corrected chi connectivity index (χ3v) is 2.94. The van der Waals surface area contributed by atoms with E-state index in [0.29, 0.717) is 23.7 Å². The van der Waals surface area contributed by atoms with Crippen LogP contribution in [0.4, 0.5) is 5.69 Å². The van der Waals surface area contributed by atoms with Gasteiger partial charge >= 0.3 is 0 Å². The second-order valence-electron chi connectivity index (χ2n) is 3.60. The lowest BCUT2D eigenvalue weighted by molar-refractivity contribution is 0.339. The highest BCUT2D eigenvalue weighted by molar-refractivity contribution is 9.10. The smallest absolute Gasteiger partial charge is 0.145 e. The monoisotopic (exact) mass is 296 g/mol. The van der Waals surface area contributed by atoms with Crippen LogP contribution in [0.1, 0.15) is 12.7 Å². The maximum absolute atomic E-state index is 5.98. The van der Waals surface area contributed by atoms with Crippen LogP contribution in [0.5, 0.6) is 5.75 Å². The van der Waals surface area contributed by atoms with Crippen molar-refractivity contribution in [3.8, 4) is 17.0 Å². The van der Waals surface area contributed by atoms with Crippen molar-refractivity contribution >= 4 is 21.6 Å². The summed E-state index contributed by atoms with van der Waals surface area (Å²) in [4.78, 5) is 0. The van der Waals surface area contributed by atoms with Crippen molar-refractivity contribution in [2.45, 2.75) is 13.8 Å². The molecule has 0 amide bonds. The lowest BCUT2D eigenvalue weighted by Gasteiger charge is -2.12. The van der Waals surface area contributed by atoms with Crippen molar-refractivity contribution in [2.75, 3.05) is 12.3 Å². The summed E-state index contributed by atoms with van der Waals surface area (Å²) in [5, 5.41) is 3.98. The quantitative estimate of drug-likeness (QED) is 0.882. The number of benzene rings is 1. The average molecular weight is 297 g/mol. The molecule has 1 heterocycles. The van der Waals surface area contributed by atoms with Crippen molar-refractivity contribution < 1.29 is 9.26 Å². The molecule has 0 spiro atoms. The van der Waals surface area contributed by atoms with Crippen LogP contribution < -0.4 is 10.5 Å². The van der Waals surface area contributed by atoms with Gasteiger partial charge in [-0.15, -0.1) is 0 Å². The van der Waals surface area contributed by atoms with Crippen LogP contribution in [0.3, 0.4) is 0 Å². The number of hydrogen-bond donors (Lipinski definition) is 1. The van der Waals surface area contributed by atoms with E-state index < -0.39 is 0 Å². The first kappa shape index (κ1) is 12.0. The lowest BCUT2D eigenvalue weighted by Crippen LogP contribution is -1.99. The molecule has 0 aliphatic carbocycles. The van der Waals surface area contributed by atoms with Crippen LogP contribution in [0.15, 0.2) is 27.2 Å². The lowest BCUT2D eigenvalue weighted by atomic mass is 10.1. The van der Waals surface area contributed by atoms with E-state index in [4.69, 9.17) is 15.0 Å². The Hall–Kier alpha value is -1.49. The van der Waals surface area contributed by atoms with Crippen LogP contribution in [0.25, 0.3) is 11.3 Å². The Morgan fingerprint density at radius 2 is 2.24 bits per heavy atom. The van der Waals surface area contributed by atoms with E-state index in [0.717, 1.165) is 15.8 Å². The SMILES string of the molecule is CCOc1c(Br)ccc(N)c1-c1cc(C)on1. The van der Waals surface area contributed by atoms with Crippen molar-refractivity contribution in [1.82, 2.24) is 5.16 Å². The highest BCUT2D eigenvalue weighted by Gasteiger charge is 2.16. The van der Waals surface area contributed by atoms with E-state index in [9.17, 15) is 0 Å². The molecule has 1 aromatic carbocycles. The van der Waals surface area contributed by atoms with E-state index in [1.165, 1.54) is 0 Å². The first-order valence-electron chi connectivity index (χ1n) is 5.28. The molecule has 2 rings (SSSR count). The zero-order valence-electron chi connectivity index (χ0n) is 9.66. The number of nitrogen functional groups attached to an aromatic ring is 1. The van der Waals surface area contributed by atoms with Crippen molar-refractivity contribution in [3.63, 3.8) is 0 Å². The molecule has 0 saturated carbocycles. The van der Waals surface area contributed by atoms with Gasteiger partial charge in [0.1, 0.15) is 17.2 Å². The number of anilines is 1. The van der Waals surface area contributed by atoms with E-state index in [2.05, 4.69) is 21.1 Å². The summed E-state index contributed by atoms with van der Waals surface area (Å²) in [5.74, 6) is 1.43. The number of nitrogens with zero attached hydrogens (tertiary/aromatic N) is 1. The van der Waals surface area contributed by atoms with Gasteiger partial charge in [-0.1, -0.05) is 5.16 Å². The summed E-state index contributed by atoms with van der Waals surface area (Å²) in [5.41, 5.74) is 8.04. The Morgan fingerprint density at radius 1 is 1.47 bits per heavy atom. The third-order valence-electron chi connectivity index (χ3n) is 2.31. The Morgan fingerprint density at radius 3 is 2.82 bits per heavy atom. The van der Waals surface area contributed by atoms with E-state index in [1.54, 1.807) is 0 Å². The van der Waals surface area contributed by atoms with Gasteiger partial charge in [-0.3, -0.25) is 0 Å². The molecule has 2 N–H and O–H groups in total. The molecule has 0 unspecified atom stereocenters. The molecule has 0 radical (unpaired) electrons. The molecule has 0 aliphatic heterocycles. The van der Waals surface area contributed by atoms with Crippen molar-refractivity contribution in [2.24, 2.45) is 0 Å². The molecule has 5 heteroatoms. The topological polar surface area (TPSA) is 61.3 Å². The third kappa shape index (κ3) is 2.29. The maximum atomic E-state index is 5.98. The summed E-state index contributed by atoms with van der Waals surface area (Å²) in [6, 6.07) is 5.50. The number of nitrogens with two attached hydrogens (primary N) is 1. The molecule has 0 fully saturated rings. The van der Waals surface area contributed by atoms with Crippen molar-refractivity contribution in [1.29, 1.82) is 0 Å². The Balaban J connectivity index is 2.62. The first-order chi connectivity index (χ1) is 8.13. The van der Waals surface area contributed by atoms with Gasteiger partial charge in [-0.05, 0) is 41.9 Å². The van der Waals surface area contributed by atoms with Gasteiger partial charge in [-0.25, -0.2) is 0 Å². The normalized spacial score (nSPS) is 10.5. The van der Waals surface area contributed by atoms with Gasteiger partial charge in [0.15, 0.2) is 0 Å². The fraction of sp³-hybridized carbons (Fsp3) is 0.250. The summed E-state index contributed by atoms with van der Waals surface area (Å²) >= 11 is 3.45. The summed E-state index contributed by atoms with van der Waals surface area (Å²) in [7, 11) is 0. The standard InChI is InChI=1S/C12H13BrN2O2/c1-3-16-12-8(13)4-5-9(14)11(12)10-6-7(2)17-15-10/h4-6H,3,14H2,1-2H3. The number of rotatable bonds is 3. The van der Waals surface area contributed by atoms with Crippen molar-refractivity contribution in [3.05, 3.63) is 28.4 Å².